The molecule has 0 bridgehead atoms. The number of esters is 1. The van der Waals surface area contributed by atoms with Gasteiger partial charge in [-0.05, 0) is 86.2 Å². The van der Waals surface area contributed by atoms with Crippen molar-refractivity contribution in [3.8, 4) is 5.75 Å². The molecule has 0 unspecified atom stereocenters. The fourth-order valence-corrected chi connectivity index (χ4v) is 6.38. The van der Waals surface area contributed by atoms with E-state index in [0.29, 0.717) is 43.0 Å². The van der Waals surface area contributed by atoms with E-state index in [1.807, 2.05) is 66.9 Å². The molecule has 1 aliphatic heterocycles. The molecule has 42 heavy (non-hydrogen) atoms. The van der Waals surface area contributed by atoms with Crippen molar-refractivity contribution in [1.82, 2.24) is 4.57 Å². The minimum atomic E-state index is -0.661. The molecular formula is C32H28Cl2N2O4S2. The van der Waals surface area contributed by atoms with Crippen molar-refractivity contribution in [3.63, 3.8) is 0 Å². The predicted octanol–water partition coefficient (Wildman–Crippen LogP) is 6.79. The lowest BCUT2D eigenvalue weighted by Crippen LogP contribution is -2.40. The van der Waals surface area contributed by atoms with Gasteiger partial charge in [0.15, 0.2) is 4.80 Å². The number of hydrogen-bond donors (Lipinski definition) is 0. The smallest absolute Gasteiger partial charge is 0.338 e. The third-order valence-corrected chi connectivity index (χ3v) is 9.03. The zero-order chi connectivity index (χ0) is 30.0. The first-order valence-corrected chi connectivity index (χ1v) is 16.0. The number of thiazole rings is 1. The Morgan fingerprint density at radius 1 is 1.10 bits per heavy atom. The Morgan fingerprint density at radius 2 is 1.86 bits per heavy atom. The first kappa shape index (κ1) is 30.2. The van der Waals surface area contributed by atoms with Crippen LogP contribution < -0.4 is 19.6 Å². The van der Waals surface area contributed by atoms with Gasteiger partial charge in [-0.15, -0.1) is 11.8 Å². The summed E-state index contributed by atoms with van der Waals surface area (Å²) >= 11 is 15.1. The molecule has 1 aromatic heterocycles. The normalized spacial score (nSPS) is 15.0. The average molecular weight is 640 g/mol. The van der Waals surface area contributed by atoms with Gasteiger partial charge in [0.25, 0.3) is 5.56 Å². The minimum Gasteiger partial charge on any atom is -0.489 e. The Morgan fingerprint density at radius 3 is 2.55 bits per heavy atom. The molecule has 216 valence electrons. The quantitative estimate of drug-likeness (QED) is 0.157. The molecule has 0 aliphatic carbocycles. The van der Waals surface area contributed by atoms with E-state index in [9.17, 15) is 9.59 Å². The van der Waals surface area contributed by atoms with Crippen LogP contribution in [0.3, 0.4) is 0 Å². The van der Waals surface area contributed by atoms with Gasteiger partial charge in [-0.25, -0.2) is 9.79 Å². The molecule has 0 radical (unpaired) electrons. The SMILES string of the molecule is CSc1ccc([C@H]2C(C(=O)OC(C)C)=C(C)N=c3s/c(=C/c4cccc(OCc5ccc(Cl)c(Cl)c5)c4)c(=O)n32)cc1. The zero-order valence-corrected chi connectivity index (χ0v) is 26.5. The Hall–Kier alpha value is -3.30. The second kappa shape index (κ2) is 12.9. The van der Waals surface area contributed by atoms with E-state index in [0.717, 1.165) is 21.6 Å². The van der Waals surface area contributed by atoms with Crippen molar-refractivity contribution in [2.45, 2.75) is 44.4 Å². The zero-order valence-electron chi connectivity index (χ0n) is 23.4. The van der Waals surface area contributed by atoms with Gasteiger partial charge in [0.2, 0.25) is 0 Å². The molecule has 1 atom stereocenters. The summed E-state index contributed by atoms with van der Waals surface area (Å²) in [5, 5.41) is 0.957. The van der Waals surface area contributed by atoms with Crippen molar-refractivity contribution < 1.29 is 14.3 Å². The van der Waals surface area contributed by atoms with Gasteiger partial charge in [0.1, 0.15) is 12.4 Å². The Labute approximate surface area is 261 Å². The van der Waals surface area contributed by atoms with Crippen LogP contribution in [0.25, 0.3) is 6.08 Å². The fraction of sp³-hybridized carbons (Fsp3) is 0.219. The maximum atomic E-state index is 13.9. The molecule has 3 aromatic carbocycles. The lowest BCUT2D eigenvalue weighted by Gasteiger charge is -2.25. The number of benzene rings is 3. The van der Waals surface area contributed by atoms with Crippen LogP contribution in [0, 0.1) is 0 Å². The molecule has 0 fully saturated rings. The Balaban J connectivity index is 1.53. The first-order valence-electron chi connectivity index (χ1n) is 13.2. The average Bonchev–Trinajstić information content (AvgIpc) is 3.26. The summed E-state index contributed by atoms with van der Waals surface area (Å²) < 4.78 is 13.7. The number of allylic oxidation sites excluding steroid dienone is 1. The number of fused-ring (bicyclic) bond motifs is 1. The number of carbonyl (C=O) groups excluding carboxylic acids is 1. The van der Waals surface area contributed by atoms with E-state index < -0.39 is 12.0 Å². The van der Waals surface area contributed by atoms with Crippen molar-refractivity contribution in [2.75, 3.05) is 6.26 Å². The van der Waals surface area contributed by atoms with Crippen molar-refractivity contribution in [2.24, 2.45) is 4.99 Å². The summed E-state index contributed by atoms with van der Waals surface area (Å²) in [5.74, 6) is 0.162. The maximum Gasteiger partial charge on any atom is 0.338 e. The second-order valence-electron chi connectivity index (χ2n) is 9.92. The number of thioether (sulfide) groups is 1. The summed E-state index contributed by atoms with van der Waals surface area (Å²) in [6.45, 7) is 5.69. The number of aromatic nitrogens is 1. The van der Waals surface area contributed by atoms with Gasteiger partial charge in [-0.1, -0.05) is 64.9 Å². The highest BCUT2D eigenvalue weighted by molar-refractivity contribution is 7.98. The molecule has 0 saturated heterocycles. The van der Waals surface area contributed by atoms with Crippen LogP contribution in [0.2, 0.25) is 10.0 Å². The fourth-order valence-electron chi connectivity index (χ4n) is 4.60. The maximum absolute atomic E-state index is 13.9. The van der Waals surface area contributed by atoms with Crippen molar-refractivity contribution in [1.29, 1.82) is 0 Å². The number of ether oxygens (including phenoxy) is 2. The van der Waals surface area contributed by atoms with Crippen LogP contribution in [0.1, 0.15) is 43.5 Å². The number of halogens is 2. The highest BCUT2D eigenvalue weighted by atomic mass is 35.5. The molecular weight excluding hydrogens is 611 g/mol. The molecule has 0 amide bonds. The largest absolute Gasteiger partial charge is 0.489 e. The van der Waals surface area contributed by atoms with Gasteiger partial charge in [-0.2, -0.15) is 0 Å². The summed E-state index contributed by atoms with van der Waals surface area (Å²) in [6, 6.07) is 20.1. The third-order valence-electron chi connectivity index (χ3n) is 6.56. The van der Waals surface area contributed by atoms with E-state index in [1.165, 1.54) is 11.3 Å². The van der Waals surface area contributed by atoms with Gasteiger partial charge in [0, 0.05) is 4.90 Å². The second-order valence-corrected chi connectivity index (χ2v) is 12.6. The van der Waals surface area contributed by atoms with E-state index in [1.54, 1.807) is 49.2 Å². The number of rotatable bonds is 8. The molecule has 5 rings (SSSR count). The van der Waals surface area contributed by atoms with Crippen LogP contribution in [-0.4, -0.2) is 22.9 Å². The van der Waals surface area contributed by atoms with Crippen molar-refractivity contribution >= 4 is 58.3 Å². The number of nitrogens with zero attached hydrogens (tertiary/aromatic N) is 2. The lowest BCUT2D eigenvalue weighted by atomic mass is 9.96. The Kier molecular flexibility index (Phi) is 9.28. The van der Waals surface area contributed by atoms with Crippen molar-refractivity contribution in [3.05, 3.63) is 124 Å². The number of carbonyl (C=O) groups is 1. The van der Waals surface area contributed by atoms with Gasteiger partial charge in [0.05, 0.1) is 38.0 Å². The monoisotopic (exact) mass is 638 g/mol. The van der Waals surface area contributed by atoms with Crippen LogP contribution in [0.15, 0.2) is 92.7 Å². The molecule has 0 saturated carbocycles. The standard InChI is InChI=1S/C32H28Cl2N2O4S2/c1-18(2)40-31(38)28-19(3)35-32-36(29(28)22-9-11-24(41-4)12-10-22)30(37)27(42-32)16-20-6-5-7-23(14-20)39-17-21-8-13-25(33)26(34)15-21/h5-16,18,29H,17H2,1-4H3/b27-16+/t29-/m0/s1. The van der Waals surface area contributed by atoms with Crippen LogP contribution in [-0.2, 0) is 16.1 Å². The van der Waals surface area contributed by atoms with E-state index in [-0.39, 0.29) is 11.7 Å². The summed E-state index contributed by atoms with van der Waals surface area (Å²) in [7, 11) is 0. The van der Waals surface area contributed by atoms with Crippen LogP contribution >= 0.6 is 46.3 Å². The van der Waals surface area contributed by atoms with E-state index in [2.05, 4.69) is 4.99 Å². The van der Waals surface area contributed by atoms with Gasteiger partial charge in [-0.3, -0.25) is 9.36 Å². The Bertz CT molecular complexity index is 1860. The molecule has 4 aromatic rings. The molecule has 1 aliphatic rings. The highest BCUT2D eigenvalue weighted by Crippen LogP contribution is 2.32. The summed E-state index contributed by atoms with van der Waals surface area (Å²) in [4.78, 5) is 33.5. The van der Waals surface area contributed by atoms with Gasteiger partial charge >= 0.3 is 5.97 Å². The summed E-state index contributed by atoms with van der Waals surface area (Å²) in [6.07, 6.45) is 3.50. The lowest BCUT2D eigenvalue weighted by molar-refractivity contribution is -0.143. The predicted molar refractivity (Wildman–Crippen MR) is 170 cm³/mol. The van der Waals surface area contributed by atoms with Gasteiger partial charge < -0.3 is 9.47 Å². The first-order chi connectivity index (χ1) is 20.1. The molecule has 2 heterocycles. The van der Waals surface area contributed by atoms with E-state index >= 15 is 0 Å². The van der Waals surface area contributed by atoms with E-state index in [4.69, 9.17) is 32.7 Å². The number of hydrogen-bond acceptors (Lipinski definition) is 7. The third kappa shape index (κ3) is 6.52. The molecule has 6 nitrogen and oxygen atoms in total. The summed E-state index contributed by atoms with van der Waals surface area (Å²) in [5.41, 5.74) is 3.14. The highest BCUT2D eigenvalue weighted by Gasteiger charge is 2.33. The van der Waals surface area contributed by atoms with Crippen LogP contribution in [0.5, 0.6) is 5.75 Å². The molecule has 0 N–H and O–H groups in total. The minimum absolute atomic E-state index is 0.234. The molecule has 10 heteroatoms. The molecule has 0 spiro atoms. The topological polar surface area (TPSA) is 69.9 Å². The van der Waals surface area contributed by atoms with Crippen LogP contribution in [0.4, 0.5) is 0 Å².